The standard InChI is InChI=1S/C58H94O25/c1-10-25(2)52(69)83-51-28(5)76-40(21-35(51)72-9)82-50-27(4)75-39(20-34(50)71-8)78-30-13-16-56(6)29(19-30)11-12-33-32(56)14-17-57(7)31(15-18-58(33,57)70)26(3)77-55-49(68)46(65)43(62)38(81-55)24-74-54-48(67)45(64)42(61)37(80-54)23-73-53-47(66)44(63)41(60)36(22-59)79-53/h10-11,26-28,30-51,53-55,59-68,70H,12-24H2,1-9H3/b25-10+/t26-,27+,28+,30-,31+,32-,33+,34-,35+,36+,37+,38+,39-,40-,41-,42-,43-,44-,45-,46-,47+,48+,49+,50+,51+,53+,54+,55+,56-,57+,58-/m0/s1. The van der Waals surface area contributed by atoms with Crippen molar-refractivity contribution in [3.63, 3.8) is 0 Å². The molecule has 0 amide bonds. The molecule has 4 aliphatic carbocycles. The highest BCUT2D eigenvalue weighted by Crippen LogP contribution is 2.68. The van der Waals surface area contributed by atoms with Crippen LogP contribution in [0.2, 0.25) is 0 Å². The Balaban J connectivity index is 0.774. The van der Waals surface area contributed by atoms with Gasteiger partial charge in [0.1, 0.15) is 85.5 Å². The van der Waals surface area contributed by atoms with E-state index >= 15 is 0 Å². The van der Waals surface area contributed by atoms with E-state index in [1.54, 1.807) is 34.1 Å². The second-order valence-electron chi connectivity index (χ2n) is 25.4. The topological polar surface area (TPSA) is 360 Å². The fourth-order valence-electron chi connectivity index (χ4n) is 15.5. The lowest BCUT2D eigenvalue weighted by atomic mass is 9.45. The summed E-state index contributed by atoms with van der Waals surface area (Å²) in [4.78, 5) is 12.6. The molecule has 25 nitrogen and oxygen atoms in total. The molecule has 0 spiro atoms. The highest BCUT2D eigenvalue weighted by molar-refractivity contribution is 5.87. The molecule has 0 aromatic heterocycles. The van der Waals surface area contributed by atoms with Crippen LogP contribution < -0.4 is 0 Å². The van der Waals surface area contributed by atoms with E-state index in [1.807, 2.05) is 20.8 Å². The molecule has 0 unspecified atom stereocenters. The Morgan fingerprint density at radius 2 is 1.20 bits per heavy atom. The van der Waals surface area contributed by atoms with Crippen molar-refractivity contribution in [2.75, 3.05) is 34.0 Å². The minimum atomic E-state index is -1.84. The Morgan fingerprint density at radius 3 is 1.78 bits per heavy atom. The van der Waals surface area contributed by atoms with Gasteiger partial charge in [0.25, 0.3) is 0 Å². The van der Waals surface area contributed by atoms with Crippen molar-refractivity contribution in [2.45, 2.75) is 272 Å². The van der Waals surface area contributed by atoms with Crippen LogP contribution in [-0.4, -0.2) is 255 Å². The summed E-state index contributed by atoms with van der Waals surface area (Å²) in [5, 5.41) is 119. The van der Waals surface area contributed by atoms with Gasteiger partial charge in [-0.15, -0.1) is 0 Å². The number of rotatable bonds is 18. The van der Waals surface area contributed by atoms with Crippen LogP contribution in [-0.2, 0) is 66.4 Å². The molecular weight excluding hydrogens is 1100 g/mol. The number of hydrogen-bond acceptors (Lipinski definition) is 25. The molecule has 8 fully saturated rings. The minimum Gasteiger partial charge on any atom is -0.453 e. The van der Waals surface area contributed by atoms with E-state index in [9.17, 15) is 61.0 Å². The normalized spacial score (nSPS) is 50.8. The number of aliphatic hydroxyl groups is 11. The molecule has 5 saturated heterocycles. The van der Waals surface area contributed by atoms with Crippen molar-refractivity contribution >= 4 is 5.97 Å². The van der Waals surface area contributed by atoms with Crippen LogP contribution in [0, 0.1) is 28.6 Å². The number of allylic oxidation sites excluding steroid dienone is 2. The molecule has 476 valence electrons. The van der Waals surface area contributed by atoms with Crippen LogP contribution in [0.25, 0.3) is 0 Å². The van der Waals surface area contributed by atoms with E-state index in [1.165, 1.54) is 5.57 Å². The van der Waals surface area contributed by atoms with E-state index in [0.29, 0.717) is 44.1 Å². The van der Waals surface area contributed by atoms with E-state index in [0.717, 1.165) is 25.7 Å². The van der Waals surface area contributed by atoms with Gasteiger partial charge in [-0.2, -0.15) is 0 Å². The van der Waals surface area contributed by atoms with Crippen molar-refractivity contribution in [3.05, 3.63) is 23.3 Å². The first-order chi connectivity index (χ1) is 39.3. The van der Waals surface area contributed by atoms with Gasteiger partial charge in [0.05, 0.1) is 55.9 Å². The fourth-order valence-corrected chi connectivity index (χ4v) is 15.5. The quantitative estimate of drug-likeness (QED) is 0.0467. The maximum Gasteiger partial charge on any atom is 0.333 e. The molecule has 11 N–H and O–H groups in total. The summed E-state index contributed by atoms with van der Waals surface area (Å²) in [6.45, 7) is 11.7. The third-order valence-electron chi connectivity index (χ3n) is 20.8. The van der Waals surface area contributed by atoms with Gasteiger partial charge in [0.2, 0.25) is 0 Å². The highest BCUT2D eigenvalue weighted by atomic mass is 16.8. The highest BCUT2D eigenvalue weighted by Gasteiger charge is 2.67. The lowest BCUT2D eigenvalue weighted by Crippen LogP contribution is -2.63. The van der Waals surface area contributed by atoms with Crippen molar-refractivity contribution in [2.24, 2.45) is 28.6 Å². The zero-order valence-electron chi connectivity index (χ0n) is 49.1. The Bertz CT molecular complexity index is 2220. The van der Waals surface area contributed by atoms with Crippen LogP contribution >= 0.6 is 0 Å². The lowest BCUT2D eigenvalue weighted by Gasteiger charge is -2.61. The maximum atomic E-state index is 13.1. The van der Waals surface area contributed by atoms with Gasteiger partial charge in [-0.05, 0) is 109 Å². The molecule has 0 bridgehead atoms. The Labute approximate surface area is 484 Å². The van der Waals surface area contributed by atoms with E-state index in [2.05, 4.69) is 19.9 Å². The molecule has 5 aliphatic heterocycles. The van der Waals surface area contributed by atoms with Gasteiger partial charge in [-0.3, -0.25) is 0 Å². The summed E-state index contributed by atoms with van der Waals surface area (Å²) in [5.74, 6) is -0.434. The smallest absolute Gasteiger partial charge is 0.333 e. The summed E-state index contributed by atoms with van der Waals surface area (Å²) < 4.78 is 78.5. The zero-order valence-corrected chi connectivity index (χ0v) is 49.1. The van der Waals surface area contributed by atoms with Crippen LogP contribution in [0.15, 0.2) is 23.3 Å². The summed E-state index contributed by atoms with van der Waals surface area (Å²) in [5.41, 5.74) is 0.0323. The van der Waals surface area contributed by atoms with Gasteiger partial charge >= 0.3 is 5.97 Å². The second-order valence-corrected chi connectivity index (χ2v) is 25.4. The Kier molecular flexibility index (Phi) is 21.0. The summed E-state index contributed by atoms with van der Waals surface area (Å²) >= 11 is 0. The van der Waals surface area contributed by atoms with E-state index in [4.69, 9.17) is 61.6 Å². The molecule has 9 rings (SSSR count). The second kappa shape index (κ2) is 26.6. The maximum absolute atomic E-state index is 13.1. The minimum absolute atomic E-state index is 0.0314. The predicted octanol–water partition coefficient (Wildman–Crippen LogP) is -0.518. The van der Waals surface area contributed by atoms with Crippen LogP contribution in [0.1, 0.15) is 113 Å². The van der Waals surface area contributed by atoms with E-state index in [-0.39, 0.29) is 35.4 Å². The lowest BCUT2D eigenvalue weighted by molar-refractivity contribution is -0.346. The third kappa shape index (κ3) is 12.7. The van der Waals surface area contributed by atoms with Gasteiger partial charge < -0.3 is 118 Å². The first kappa shape index (κ1) is 65.5. The number of hydrogen-bond donors (Lipinski definition) is 11. The molecule has 0 radical (unpaired) electrons. The number of carbonyl (C=O) groups is 1. The molecule has 3 saturated carbocycles. The van der Waals surface area contributed by atoms with E-state index < -0.39 is 178 Å². The average Bonchev–Trinajstić information content (AvgIpc) is 2.90. The molecule has 25 heteroatoms. The Morgan fingerprint density at radius 1 is 0.675 bits per heavy atom. The number of aliphatic hydroxyl groups excluding tert-OH is 10. The Hall–Kier alpha value is -1.97. The van der Waals surface area contributed by atoms with Crippen molar-refractivity contribution in [1.82, 2.24) is 0 Å². The monoisotopic (exact) mass is 1190 g/mol. The van der Waals surface area contributed by atoms with Crippen molar-refractivity contribution in [3.8, 4) is 0 Å². The van der Waals surface area contributed by atoms with Crippen LogP contribution in [0.5, 0.6) is 0 Å². The molecular formula is C58H94O25. The molecule has 9 aliphatic rings. The third-order valence-corrected chi connectivity index (χ3v) is 20.8. The molecule has 83 heavy (non-hydrogen) atoms. The molecule has 0 aromatic rings. The summed E-state index contributed by atoms with van der Waals surface area (Å²) in [6.07, 6.45) is -18.5. The van der Waals surface area contributed by atoms with Crippen LogP contribution in [0.3, 0.4) is 0 Å². The van der Waals surface area contributed by atoms with Gasteiger partial charge in [0, 0.05) is 38.0 Å². The molecule has 0 aromatic carbocycles. The van der Waals surface area contributed by atoms with Gasteiger partial charge in [0.15, 0.2) is 37.6 Å². The number of ether oxygens (including phenoxy) is 13. The van der Waals surface area contributed by atoms with Crippen LogP contribution in [0.4, 0.5) is 0 Å². The summed E-state index contributed by atoms with van der Waals surface area (Å²) in [7, 11) is 3.23. The molecule has 31 atom stereocenters. The summed E-state index contributed by atoms with van der Waals surface area (Å²) in [6, 6.07) is 0. The van der Waals surface area contributed by atoms with Crippen molar-refractivity contribution < 1.29 is 123 Å². The largest absolute Gasteiger partial charge is 0.453 e. The van der Waals surface area contributed by atoms with Gasteiger partial charge in [-0.1, -0.05) is 31.6 Å². The number of esters is 1. The number of methoxy groups -OCH3 is 2. The molecule has 5 heterocycles. The predicted molar refractivity (Wildman–Crippen MR) is 285 cm³/mol. The zero-order chi connectivity index (χ0) is 60.2. The number of carbonyl (C=O) groups excluding carboxylic acids is 1. The fraction of sp³-hybridized carbons (Fsp3) is 0.914. The first-order valence-electron chi connectivity index (χ1n) is 29.8. The number of fused-ring (bicyclic) bond motifs is 5. The van der Waals surface area contributed by atoms with Gasteiger partial charge in [-0.25, -0.2) is 4.79 Å². The SMILES string of the molecule is C/C=C(\C)C(=O)O[C@@H]1[C@@H](C)O[C@@H](O[C@H]2[C@@H](OC)C[C@H](O[C@H]3CC[C@@]4(C)C(=CC[C@@H]5[C@@H]4CC[C@]4(C)[C@@H]([C@H](C)O[C@@H]6O[C@H](CO[C@@H]7O[C@H](CO[C@@H]8O[C@H](CO)[C@H](O)[C@H](O)[C@H]8O)[C@H](O)[C@H](O)[C@H]7O)[C@H](O)[C@H](O)[C@H]6O)CC[C@]54O)C3)O[C@@H]2C)C[C@H]1OC. The van der Waals surface area contributed by atoms with Crippen molar-refractivity contribution in [1.29, 1.82) is 0 Å². The first-order valence-corrected chi connectivity index (χ1v) is 29.8. The average molecular weight is 1190 g/mol.